The van der Waals surface area contributed by atoms with Crippen LogP contribution in [0.3, 0.4) is 0 Å². The fourth-order valence-electron chi connectivity index (χ4n) is 3.99. The number of amides is 3. The molecule has 0 atom stereocenters. The van der Waals surface area contributed by atoms with E-state index in [1.165, 1.54) is 29.2 Å². The number of rotatable bonds is 7. The Morgan fingerprint density at radius 1 is 1.00 bits per heavy atom. The number of piperazine rings is 1. The maximum absolute atomic E-state index is 13.3. The quantitative estimate of drug-likeness (QED) is 0.573. The van der Waals surface area contributed by atoms with Gasteiger partial charge in [-0.25, -0.2) is 4.39 Å². The molecule has 0 spiro atoms. The van der Waals surface area contributed by atoms with Crippen LogP contribution in [0.1, 0.15) is 16.9 Å². The van der Waals surface area contributed by atoms with Gasteiger partial charge in [-0.1, -0.05) is 18.2 Å². The zero-order chi connectivity index (χ0) is 23.4. The van der Waals surface area contributed by atoms with Crippen molar-refractivity contribution in [1.29, 1.82) is 0 Å². The number of hydrogen-bond acceptors (Lipinski definition) is 4. The summed E-state index contributed by atoms with van der Waals surface area (Å²) < 4.78 is 13.3. The average molecular weight is 452 g/mol. The smallest absolute Gasteiger partial charge is 0.270 e. The molecular formula is C24H26FN5O3. The number of nitrogens with one attached hydrogen (secondary N) is 1. The first kappa shape index (κ1) is 22.5. The van der Waals surface area contributed by atoms with Crippen LogP contribution in [-0.4, -0.2) is 71.8 Å². The summed E-state index contributed by atoms with van der Waals surface area (Å²) in [6, 6.07) is 15.1. The second-order valence-electron chi connectivity index (χ2n) is 8.08. The maximum Gasteiger partial charge on any atom is 0.270 e. The first-order chi connectivity index (χ1) is 15.9. The highest BCUT2D eigenvalue weighted by atomic mass is 19.1. The van der Waals surface area contributed by atoms with E-state index in [0.29, 0.717) is 37.6 Å². The van der Waals surface area contributed by atoms with E-state index in [1.54, 1.807) is 4.90 Å². The standard InChI is InChI=1S/C24H26FN5O3/c25-18-5-7-19(8-6-18)30(10-9-22(26)31)23(32)16-28-11-13-29(14-12-28)24(33)21-15-17-3-1-2-4-20(17)27-21/h1-8,15,27H,9-14,16H2,(H2,26,31). The average Bonchev–Trinajstić information content (AvgIpc) is 3.24. The SMILES string of the molecule is NC(=O)CCN(C(=O)CN1CCN(C(=O)c2cc3ccccc3[nH]2)CC1)c1ccc(F)cc1. The molecule has 1 fully saturated rings. The minimum Gasteiger partial charge on any atom is -0.370 e. The fourth-order valence-corrected chi connectivity index (χ4v) is 3.99. The lowest BCUT2D eigenvalue weighted by Crippen LogP contribution is -2.52. The lowest BCUT2D eigenvalue weighted by molar-refractivity contribution is -0.120. The number of anilines is 1. The number of fused-ring (bicyclic) bond motifs is 1. The van der Waals surface area contributed by atoms with Crippen LogP contribution in [0.2, 0.25) is 0 Å². The highest BCUT2D eigenvalue weighted by Gasteiger charge is 2.26. The van der Waals surface area contributed by atoms with Crippen LogP contribution in [0, 0.1) is 5.82 Å². The molecule has 0 radical (unpaired) electrons. The molecule has 1 aromatic heterocycles. The van der Waals surface area contributed by atoms with Gasteiger partial charge in [0.05, 0.1) is 6.54 Å². The van der Waals surface area contributed by atoms with Gasteiger partial charge in [0, 0.05) is 55.7 Å². The number of primary amides is 1. The number of halogens is 1. The molecule has 0 bridgehead atoms. The predicted molar refractivity (Wildman–Crippen MR) is 123 cm³/mol. The zero-order valence-electron chi connectivity index (χ0n) is 18.2. The van der Waals surface area contributed by atoms with Crippen LogP contribution in [0.5, 0.6) is 0 Å². The van der Waals surface area contributed by atoms with Crippen LogP contribution in [0.25, 0.3) is 10.9 Å². The van der Waals surface area contributed by atoms with Gasteiger partial charge in [-0.15, -0.1) is 0 Å². The monoisotopic (exact) mass is 451 g/mol. The van der Waals surface area contributed by atoms with E-state index in [2.05, 4.69) is 4.98 Å². The van der Waals surface area contributed by atoms with Crippen LogP contribution in [0.15, 0.2) is 54.6 Å². The summed E-state index contributed by atoms with van der Waals surface area (Å²) in [5.41, 5.74) is 7.23. The molecule has 1 aliphatic heterocycles. The van der Waals surface area contributed by atoms with Gasteiger partial charge >= 0.3 is 0 Å². The molecule has 33 heavy (non-hydrogen) atoms. The Morgan fingerprint density at radius 2 is 1.70 bits per heavy atom. The number of carbonyl (C=O) groups is 3. The lowest BCUT2D eigenvalue weighted by Gasteiger charge is -2.35. The van der Waals surface area contributed by atoms with Gasteiger partial charge < -0.3 is 20.5 Å². The molecule has 4 rings (SSSR count). The third kappa shape index (κ3) is 5.38. The highest BCUT2D eigenvalue weighted by Crippen LogP contribution is 2.18. The number of hydrogen-bond donors (Lipinski definition) is 2. The van der Waals surface area contributed by atoms with Gasteiger partial charge in [-0.05, 0) is 36.4 Å². The minimum atomic E-state index is -0.515. The number of para-hydroxylation sites is 1. The predicted octanol–water partition coefficient (Wildman–Crippen LogP) is 1.97. The van der Waals surface area contributed by atoms with E-state index in [-0.39, 0.29) is 31.3 Å². The van der Waals surface area contributed by atoms with Crippen molar-refractivity contribution in [3.8, 4) is 0 Å². The number of H-pyrrole nitrogens is 1. The summed E-state index contributed by atoms with van der Waals surface area (Å²) in [7, 11) is 0. The molecule has 1 saturated heterocycles. The molecule has 3 amide bonds. The van der Waals surface area contributed by atoms with Gasteiger partial charge in [-0.2, -0.15) is 0 Å². The Hall–Kier alpha value is -3.72. The van der Waals surface area contributed by atoms with Crippen LogP contribution in [-0.2, 0) is 9.59 Å². The van der Waals surface area contributed by atoms with Crippen LogP contribution < -0.4 is 10.6 Å². The van der Waals surface area contributed by atoms with Crippen LogP contribution >= 0.6 is 0 Å². The van der Waals surface area contributed by atoms with Crippen molar-refractivity contribution in [1.82, 2.24) is 14.8 Å². The third-order valence-corrected chi connectivity index (χ3v) is 5.80. The van der Waals surface area contributed by atoms with Gasteiger partial charge in [0.25, 0.3) is 5.91 Å². The second kappa shape index (κ2) is 9.83. The lowest BCUT2D eigenvalue weighted by atomic mass is 10.2. The molecule has 172 valence electrons. The van der Waals surface area contributed by atoms with E-state index in [1.807, 2.05) is 35.2 Å². The molecule has 8 nitrogen and oxygen atoms in total. The van der Waals surface area contributed by atoms with E-state index in [4.69, 9.17) is 5.73 Å². The summed E-state index contributed by atoms with van der Waals surface area (Å²) >= 11 is 0. The number of benzene rings is 2. The van der Waals surface area contributed by atoms with E-state index >= 15 is 0 Å². The fraction of sp³-hybridized carbons (Fsp3) is 0.292. The molecule has 9 heteroatoms. The number of nitrogens with two attached hydrogens (primary N) is 1. The summed E-state index contributed by atoms with van der Waals surface area (Å²) in [6.45, 7) is 2.34. The topological polar surface area (TPSA) is 103 Å². The van der Waals surface area contributed by atoms with E-state index in [9.17, 15) is 18.8 Å². The maximum atomic E-state index is 13.3. The number of aromatic nitrogens is 1. The molecule has 0 aliphatic carbocycles. The molecular weight excluding hydrogens is 425 g/mol. The Kier molecular flexibility index (Phi) is 6.69. The molecule has 3 aromatic rings. The van der Waals surface area contributed by atoms with Crippen molar-refractivity contribution in [3.63, 3.8) is 0 Å². The largest absolute Gasteiger partial charge is 0.370 e. The molecule has 3 N–H and O–H groups in total. The summed E-state index contributed by atoms with van der Waals surface area (Å²) in [6.07, 6.45) is 0.00982. The van der Waals surface area contributed by atoms with E-state index < -0.39 is 11.7 Å². The summed E-state index contributed by atoms with van der Waals surface area (Å²) in [5, 5.41) is 0.988. The van der Waals surface area contributed by atoms with Crippen molar-refractivity contribution in [2.75, 3.05) is 44.2 Å². The first-order valence-electron chi connectivity index (χ1n) is 10.8. The highest BCUT2D eigenvalue weighted by molar-refractivity contribution is 5.98. The number of aromatic amines is 1. The first-order valence-corrected chi connectivity index (χ1v) is 10.8. The van der Waals surface area contributed by atoms with Gasteiger partial charge in [-0.3, -0.25) is 19.3 Å². The minimum absolute atomic E-state index is 0.00982. The number of nitrogens with zero attached hydrogens (tertiary/aromatic N) is 3. The summed E-state index contributed by atoms with van der Waals surface area (Å²) in [4.78, 5) is 45.5. The van der Waals surface area contributed by atoms with Crippen molar-refractivity contribution < 1.29 is 18.8 Å². The third-order valence-electron chi connectivity index (χ3n) is 5.80. The van der Waals surface area contributed by atoms with Gasteiger partial charge in [0.1, 0.15) is 11.5 Å². The molecule has 0 saturated carbocycles. The Labute approximate surface area is 190 Å². The van der Waals surface area contributed by atoms with Crippen molar-refractivity contribution in [2.45, 2.75) is 6.42 Å². The van der Waals surface area contributed by atoms with Gasteiger partial charge in [0.15, 0.2) is 0 Å². The van der Waals surface area contributed by atoms with Crippen molar-refractivity contribution in [2.24, 2.45) is 5.73 Å². The van der Waals surface area contributed by atoms with Crippen LogP contribution in [0.4, 0.5) is 10.1 Å². The zero-order valence-corrected chi connectivity index (χ0v) is 18.2. The van der Waals surface area contributed by atoms with Crippen molar-refractivity contribution >= 4 is 34.3 Å². The number of carbonyl (C=O) groups excluding carboxylic acids is 3. The molecule has 0 unspecified atom stereocenters. The Morgan fingerprint density at radius 3 is 2.36 bits per heavy atom. The van der Waals surface area contributed by atoms with Gasteiger partial charge in [0.2, 0.25) is 11.8 Å². The molecule has 2 heterocycles. The normalized spacial score (nSPS) is 14.4. The van der Waals surface area contributed by atoms with E-state index in [0.717, 1.165) is 10.9 Å². The Balaban J connectivity index is 1.36. The van der Waals surface area contributed by atoms with Crippen molar-refractivity contribution in [3.05, 3.63) is 66.1 Å². The molecule has 2 aromatic carbocycles. The summed E-state index contributed by atoms with van der Waals surface area (Å²) in [5.74, 6) is -1.19. The second-order valence-corrected chi connectivity index (χ2v) is 8.08. The Bertz CT molecular complexity index is 1120. The molecule has 1 aliphatic rings.